The number of benzene rings is 3. The Labute approximate surface area is 169 Å². The van der Waals surface area contributed by atoms with E-state index in [0.717, 1.165) is 33.2 Å². The van der Waals surface area contributed by atoms with E-state index in [9.17, 15) is 0 Å². The first kappa shape index (κ1) is 16.8. The lowest BCUT2D eigenvalue weighted by molar-refractivity contribution is 1.25. The molecule has 134 valence electrons. The molecule has 0 aliphatic carbocycles. The Kier molecular flexibility index (Phi) is 4.22. The molecule has 0 spiro atoms. The fourth-order valence-electron chi connectivity index (χ4n) is 3.76. The molecular formula is C25H18N2S. The number of para-hydroxylation sites is 1. The van der Waals surface area contributed by atoms with Crippen molar-refractivity contribution in [1.82, 2.24) is 4.98 Å². The zero-order valence-corrected chi connectivity index (χ0v) is 16.0. The van der Waals surface area contributed by atoms with Gasteiger partial charge in [0.15, 0.2) is 0 Å². The van der Waals surface area contributed by atoms with Gasteiger partial charge in [-0.1, -0.05) is 91.1 Å². The standard InChI is InChI=1S/C25H18N2S/c28-24-16-21-20(17-9-3-1-4-10-17)15-23(18-11-5-2-6-12-18)27-25(21)19-13-7-8-14-22(19)26-24/h1-15H,16H2,(H,26,28). The van der Waals surface area contributed by atoms with Gasteiger partial charge in [-0.3, -0.25) is 0 Å². The van der Waals surface area contributed by atoms with Gasteiger partial charge in [-0.05, 0) is 28.8 Å². The topological polar surface area (TPSA) is 24.9 Å². The van der Waals surface area contributed by atoms with E-state index in [2.05, 4.69) is 78.1 Å². The molecule has 0 radical (unpaired) electrons. The molecule has 2 heterocycles. The summed E-state index contributed by atoms with van der Waals surface area (Å²) in [6.45, 7) is 0. The average Bonchev–Trinajstić information content (AvgIpc) is 2.89. The molecule has 28 heavy (non-hydrogen) atoms. The second kappa shape index (κ2) is 7.02. The van der Waals surface area contributed by atoms with Crippen molar-refractivity contribution in [3.8, 4) is 33.6 Å². The van der Waals surface area contributed by atoms with Crippen LogP contribution in [0.25, 0.3) is 33.6 Å². The minimum atomic E-state index is 0.672. The summed E-state index contributed by atoms with van der Waals surface area (Å²) >= 11 is 5.64. The molecular weight excluding hydrogens is 360 g/mol. The maximum absolute atomic E-state index is 5.64. The minimum Gasteiger partial charge on any atom is -0.349 e. The summed E-state index contributed by atoms with van der Waals surface area (Å²) in [7, 11) is 0. The van der Waals surface area contributed by atoms with Gasteiger partial charge in [-0.25, -0.2) is 4.98 Å². The van der Waals surface area contributed by atoms with Crippen LogP contribution >= 0.6 is 12.2 Å². The molecule has 1 aromatic heterocycles. The van der Waals surface area contributed by atoms with Gasteiger partial charge < -0.3 is 5.32 Å². The van der Waals surface area contributed by atoms with Crippen molar-refractivity contribution in [2.45, 2.75) is 6.42 Å². The number of fused-ring (bicyclic) bond motifs is 3. The summed E-state index contributed by atoms with van der Waals surface area (Å²) in [4.78, 5) is 5.92. The third kappa shape index (κ3) is 3.00. The molecule has 0 fully saturated rings. The summed E-state index contributed by atoms with van der Waals surface area (Å²) in [5.74, 6) is 0. The molecule has 3 aromatic carbocycles. The highest BCUT2D eigenvalue weighted by molar-refractivity contribution is 7.80. The summed E-state index contributed by atoms with van der Waals surface area (Å²) in [5, 5.41) is 3.40. The van der Waals surface area contributed by atoms with E-state index in [4.69, 9.17) is 17.2 Å². The first-order valence-corrected chi connectivity index (χ1v) is 9.74. The van der Waals surface area contributed by atoms with Crippen LogP contribution in [0.3, 0.4) is 0 Å². The SMILES string of the molecule is S=C1Cc2c(-c3ccccc3)cc(-c3ccccc3)nc2-c2ccccc2N1. The molecule has 3 heteroatoms. The zero-order valence-electron chi connectivity index (χ0n) is 15.2. The fourth-order valence-corrected chi connectivity index (χ4v) is 4.01. The number of nitrogens with zero attached hydrogens (tertiary/aromatic N) is 1. The van der Waals surface area contributed by atoms with Gasteiger partial charge in [0.25, 0.3) is 0 Å². The Bertz CT molecular complexity index is 1170. The number of hydrogen-bond acceptors (Lipinski definition) is 2. The van der Waals surface area contributed by atoms with Crippen LogP contribution in [0.1, 0.15) is 5.56 Å². The zero-order chi connectivity index (χ0) is 18.9. The van der Waals surface area contributed by atoms with Crippen molar-refractivity contribution in [1.29, 1.82) is 0 Å². The molecule has 1 N–H and O–H groups in total. The predicted molar refractivity (Wildman–Crippen MR) is 120 cm³/mol. The number of anilines is 1. The molecule has 1 aliphatic heterocycles. The van der Waals surface area contributed by atoms with E-state index >= 15 is 0 Å². The molecule has 2 nitrogen and oxygen atoms in total. The van der Waals surface area contributed by atoms with E-state index < -0.39 is 0 Å². The normalized spacial score (nSPS) is 12.5. The monoisotopic (exact) mass is 378 g/mol. The molecule has 4 aromatic rings. The van der Waals surface area contributed by atoms with Gasteiger partial charge >= 0.3 is 0 Å². The summed E-state index contributed by atoms with van der Waals surface area (Å²) in [6.07, 6.45) is 0.672. The molecule has 0 unspecified atom stereocenters. The van der Waals surface area contributed by atoms with Gasteiger partial charge in [-0.2, -0.15) is 0 Å². The van der Waals surface area contributed by atoms with Gasteiger partial charge in [0.2, 0.25) is 0 Å². The quantitative estimate of drug-likeness (QED) is 0.410. The number of nitrogens with one attached hydrogen (secondary N) is 1. The maximum atomic E-state index is 5.64. The molecule has 0 saturated carbocycles. The van der Waals surface area contributed by atoms with Gasteiger partial charge in [0.1, 0.15) is 0 Å². The Hall–Kier alpha value is -3.30. The highest BCUT2D eigenvalue weighted by atomic mass is 32.1. The van der Waals surface area contributed by atoms with Crippen molar-refractivity contribution >= 4 is 22.9 Å². The number of pyridine rings is 1. The smallest absolute Gasteiger partial charge is 0.0842 e. The number of aromatic nitrogens is 1. The fraction of sp³-hybridized carbons (Fsp3) is 0.0400. The van der Waals surface area contributed by atoms with Crippen molar-refractivity contribution in [3.63, 3.8) is 0 Å². The highest BCUT2D eigenvalue weighted by Crippen LogP contribution is 2.39. The van der Waals surface area contributed by atoms with Crippen LogP contribution in [-0.2, 0) is 6.42 Å². The Morgan fingerprint density at radius 1 is 0.714 bits per heavy atom. The van der Waals surface area contributed by atoms with E-state index in [1.54, 1.807) is 0 Å². The number of thiocarbonyl (C=S) groups is 1. The van der Waals surface area contributed by atoms with Crippen LogP contribution in [0.15, 0.2) is 91.0 Å². The third-order valence-corrected chi connectivity index (χ3v) is 5.32. The lowest BCUT2D eigenvalue weighted by atomic mass is 9.92. The Morgan fingerprint density at radius 3 is 2.11 bits per heavy atom. The van der Waals surface area contributed by atoms with Crippen molar-refractivity contribution in [2.24, 2.45) is 0 Å². The van der Waals surface area contributed by atoms with E-state index in [1.807, 2.05) is 18.2 Å². The molecule has 1 aliphatic rings. The molecule has 0 amide bonds. The van der Waals surface area contributed by atoms with Crippen LogP contribution in [0.5, 0.6) is 0 Å². The van der Waals surface area contributed by atoms with Gasteiger partial charge in [-0.15, -0.1) is 0 Å². The largest absolute Gasteiger partial charge is 0.349 e. The molecule has 5 rings (SSSR count). The Morgan fingerprint density at radius 2 is 1.36 bits per heavy atom. The average molecular weight is 379 g/mol. The highest BCUT2D eigenvalue weighted by Gasteiger charge is 2.22. The summed E-state index contributed by atoms with van der Waals surface area (Å²) in [6, 6.07) is 31.3. The summed E-state index contributed by atoms with van der Waals surface area (Å²) in [5.41, 5.74) is 8.73. The number of hydrogen-bond donors (Lipinski definition) is 1. The molecule has 0 atom stereocenters. The third-order valence-electron chi connectivity index (χ3n) is 5.07. The van der Waals surface area contributed by atoms with E-state index in [1.165, 1.54) is 16.7 Å². The second-order valence-electron chi connectivity index (χ2n) is 6.88. The van der Waals surface area contributed by atoms with Gasteiger partial charge in [0, 0.05) is 23.2 Å². The van der Waals surface area contributed by atoms with Crippen molar-refractivity contribution < 1.29 is 0 Å². The molecule has 0 bridgehead atoms. The minimum absolute atomic E-state index is 0.672. The van der Waals surface area contributed by atoms with Crippen LogP contribution in [0.2, 0.25) is 0 Å². The lowest BCUT2D eigenvalue weighted by Gasteiger charge is -2.16. The summed E-state index contributed by atoms with van der Waals surface area (Å²) < 4.78 is 0. The van der Waals surface area contributed by atoms with Crippen molar-refractivity contribution in [3.05, 3.63) is 96.6 Å². The lowest BCUT2D eigenvalue weighted by Crippen LogP contribution is -2.10. The first-order valence-electron chi connectivity index (χ1n) is 9.33. The van der Waals surface area contributed by atoms with Crippen LogP contribution in [-0.4, -0.2) is 9.97 Å². The first-order chi connectivity index (χ1) is 13.8. The Balaban J connectivity index is 1.85. The second-order valence-corrected chi connectivity index (χ2v) is 7.38. The van der Waals surface area contributed by atoms with E-state index in [-0.39, 0.29) is 0 Å². The molecule has 0 saturated heterocycles. The predicted octanol–water partition coefficient (Wildman–Crippen LogP) is 6.38. The maximum Gasteiger partial charge on any atom is 0.0842 e. The van der Waals surface area contributed by atoms with Crippen LogP contribution in [0.4, 0.5) is 5.69 Å². The number of rotatable bonds is 2. The van der Waals surface area contributed by atoms with Crippen molar-refractivity contribution in [2.75, 3.05) is 5.32 Å². The van der Waals surface area contributed by atoms with E-state index in [0.29, 0.717) is 6.42 Å². The van der Waals surface area contributed by atoms with Crippen LogP contribution in [0, 0.1) is 0 Å². The van der Waals surface area contributed by atoms with Crippen LogP contribution < -0.4 is 5.32 Å². The van der Waals surface area contributed by atoms with Gasteiger partial charge in [0.05, 0.1) is 16.4 Å².